The van der Waals surface area contributed by atoms with Crippen molar-refractivity contribution >= 4 is 24.2 Å². The maximum Gasteiger partial charge on any atom is 0.509 e. The van der Waals surface area contributed by atoms with E-state index in [1.54, 1.807) is 74.5 Å². The average molecular weight is 764 g/mol. The summed E-state index contributed by atoms with van der Waals surface area (Å²) in [6, 6.07) is 20.6. The van der Waals surface area contributed by atoms with Gasteiger partial charge in [-0.25, -0.2) is 28.1 Å². The Kier molecular flexibility index (Phi) is 13.5. The van der Waals surface area contributed by atoms with Crippen LogP contribution in [0.3, 0.4) is 0 Å². The van der Waals surface area contributed by atoms with Crippen LogP contribution in [0.5, 0.6) is 0 Å². The van der Waals surface area contributed by atoms with E-state index >= 15 is 4.39 Å². The molecule has 4 aromatic rings. The van der Waals surface area contributed by atoms with Gasteiger partial charge < -0.3 is 33.2 Å². The Balaban J connectivity index is 1.50. The van der Waals surface area contributed by atoms with E-state index in [0.29, 0.717) is 33.1 Å². The summed E-state index contributed by atoms with van der Waals surface area (Å²) in [6.07, 6.45) is -4.83. The van der Waals surface area contributed by atoms with Crippen molar-refractivity contribution in [3.8, 4) is 0 Å². The molecule has 0 aliphatic carbocycles. The van der Waals surface area contributed by atoms with Crippen LogP contribution in [0.2, 0.25) is 0 Å². The van der Waals surface area contributed by atoms with E-state index in [1.807, 2.05) is 0 Å². The normalized spacial score (nSPS) is 18.9. The fraction of sp³-hybridized carbons (Fsp3) is 0.342. The van der Waals surface area contributed by atoms with Gasteiger partial charge in [-0.2, -0.15) is 0 Å². The minimum atomic E-state index is -3.33. The SMILES string of the molecule is CCC(CC)C(=O)OCn1c(=O)ccn([C@@H]2O[C@](F)(COC(=O)c3cccnc3)[C@@H](OC(=O)OCc3ccccc3)[C@H]2OC(=O)OCc2ccccc2)c1=O. The fourth-order valence-electron chi connectivity index (χ4n) is 5.49. The zero-order valence-corrected chi connectivity index (χ0v) is 29.8. The van der Waals surface area contributed by atoms with E-state index in [1.165, 1.54) is 18.3 Å². The number of benzene rings is 2. The lowest BCUT2D eigenvalue weighted by Gasteiger charge is -2.26. The van der Waals surface area contributed by atoms with E-state index in [9.17, 15) is 28.8 Å². The number of carbonyl (C=O) groups is 4. The lowest BCUT2D eigenvalue weighted by molar-refractivity contribution is -0.210. The number of aromatic nitrogens is 3. The number of rotatable bonds is 15. The first kappa shape index (κ1) is 39.8. The second kappa shape index (κ2) is 18.6. The molecule has 1 fully saturated rings. The molecule has 3 heterocycles. The number of alkyl halides is 1. The highest BCUT2D eigenvalue weighted by atomic mass is 19.2. The zero-order chi connectivity index (χ0) is 39.4. The lowest BCUT2D eigenvalue weighted by Crippen LogP contribution is -2.48. The van der Waals surface area contributed by atoms with Crippen LogP contribution < -0.4 is 11.2 Å². The monoisotopic (exact) mass is 763 g/mol. The van der Waals surface area contributed by atoms with Crippen LogP contribution in [0.25, 0.3) is 0 Å². The van der Waals surface area contributed by atoms with Crippen molar-refractivity contribution in [2.45, 2.75) is 70.9 Å². The maximum atomic E-state index is 17.3. The summed E-state index contributed by atoms with van der Waals surface area (Å²) in [5.41, 5.74) is -1.05. The summed E-state index contributed by atoms with van der Waals surface area (Å²) in [4.78, 5) is 82.2. The van der Waals surface area contributed by atoms with Gasteiger partial charge in [-0.1, -0.05) is 74.5 Å². The van der Waals surface area contributed by atoms with Crippen molar-refractivity contribution in [2.75, 3.05) is 6.61 Å². The number of nitrogens with zero attached hydrogens (tertiary/aromatic N) is 3. The Morgan fingerprint density at radius 3 is 2.02 bits per heavy atom. The number of halogens is 1. The van der Waals surface area contributed by atoms with Crippen molar-refractivity contribution in [3.63, 3.8) is 0 Å². The van der Waals surface area contributed by atoms with Crippen molar-refractivity contribution in [2.24, 2.45) is 5.92 Å². The van der Waals surface area contributed by atoms with Gasteiger partial charge in [0, 0.05) is 24.7 Å². The molecule has 0 amide bonds. The van der Waals surface area contributed by atoms with Gasteiger partial charge in [-0.15, -0.1) is 0 Å². The quantitative estimate of drug-likeness (QED) is 0.118. The van der Waals surface area contributed by atoms with Crippen LogP contribution in [0, 0.1) is 5.92 Å². The third-order valence-electron chi connectivity index (χ3n) is 8.50. The summed E-state index contributed by atoms with van der Waals surface area (Å²) < 4.78 is 55.9. The summed E-state index contributed by atoms with van der Waals surface area (Å²) >= 11 is 0. The van der Waals surface area contributed by atoms with Gasteiger partial charge >= 0.3 is 29.9 Å². The van der Waals surface area contributed by atoms with Crippen molar-refractivity contribution in [3.05, 3.63) is 135 Å². The Hall–Kier alpha value is -6.36. The number of pyridine rings is 1. The van der Waals surface area contributed by atoms with Crippen LogP contribution in [-0.2, 0) is 57.9 Å². The number of ether oxygens (including phenoxy) is 7. The summed E-state index contributed by atoms with van der Waals surface area (Å²) in [5, 5.41) is 0. The molecule has 4 atom stereocenters. The van der Waals surface area contributed by atoms with E-state index in [4.69, 9.17) is 33.2 Å². The summed E-state index contributed by atoms with van der Waals surface area (Å²) in [5.74, 6) is -5.54. The first-order valence-corrected chi connectivity index (χ1v) is 17.2. The van der Waals surface area contributed by atoms with Gasteiger partial charge in [-0.05, 0) is 36.1 Å². The van der Waals surface area contributed by atoms with Gasteiger partial charge in [0.2, 0.25) is 6.10 Å². The third kappa shape index (κ3) is 10.2. The molecule has 0 unspecified atom stereocenters. The highest BCUT2D eigenvalue weighted by molar-refractivity contribution is 5.88. The predicted octanol–water partition coefficient (Wildman–Crippen LogP) is 4.84. The first-order chi connectivity index (χ1) is 26.5. The summed E-state index contributed by atoms with van der Waals surface area (Å²) in [7, 11) is 0. The highest BCUT2D eigenvalue weighted by Crippen LogP contribution is 2.42. The number of carbonyl (C=O) groups excluding carboxylic acids is 4. The van der Waals surface area contributed by atoms with Crippen molar-refractivity contribution in [1.82, 2.24) is 14.1 Å². The molecule has 1 aliphatic rings. The second-order valence-corrected chi connectivity index (χ2v) is 12.2. The smallest absolute Gasteiger partial charge is 0.456 e. The molecule has 0 saturated carbocycles. The Bertz CT molecular complexity index is 2040. The Labute approximate surface area is 313 Å². The molecule has 0 N–H and O–H groups in total. The zero-order valence-electron chi connectivity index (χ0n) is 29.8. The molecule has 0 bridgehead atoms. The topological polar surface area (TPSA) is 190 Å². The number of hydrogen-bond acceptors (Lipinski definition) is 14. The maximum absolute atomic E-state index is 17.3. The van der Waals surface area contributed by atoms with Gasteiger partial charge in [0.25, 0.3) is 11.4 Å². The molecule has 0 radical (unpaired) electrons. The largest absolute Gasteiger partial charge is 0.509 e. The molecule has 0 spiro atoms. The van der Waals surface area contributed by atoms with Gasteiger partial charge in [0.1, 0.15) is 13.2 Å². The lowest BCUT2D eigenvalue weighted by atomic mass is 10.0. The molecule has 290 valence electrons. The molecule has 17 heteroatoms. The highest BCUT2D eigenvalue weighted by Gasteiger charge is 2.63. The fourth-order valence-corrected chi connectivity index (χ4v) is 5.49. The van der Waals surface area contributed by atoms with Crippen molar-refractivity contribution in [1.29, 1.82) is 0 Å². The standard InChI is InChI=1S/C38H38FN3O13/c1-3-27(4-2)33(44)52-24-42-29(43)17-19-41(35(42)46)32-30(53-36(47)49-21-25-12-7-5-8-13-25)31(54-37(48)50-22-26-14-9-6-10-15-26)38(39,55-32)23-51-34(45)28-16-11-18-40-20-28/h5-20,27,30-32H,3-4,21-24H2,1-2H3/t30-,31+,32-,38-/m1/s1. The molecule has 16 nitrogen and oxygen atoms in total. The average Bonchev–Trinajstić information content (AvgIpc) is 3.46. The first-order valence-electron chi connectivity index (χ1n) is 17.2. The van der Waals surface area contributed by atoms with Crippen LogP contribution in [-0.4, -0.2) is 63.0 Å². The van der Waals surface area contributed by atoms with E-state index in [0.717, 1.165) is 18.5 Å². The number of esters is 2. The molecule has 2 aromatic carbocycles. The summed E-state index contributed by atoms with van der Waals surface area (Å²) in [6.45, 7) is 0.851. The third-order valence-corrected chi connectivity index (χ3v) is 8.50. The van der Waals surface area contributed by atoms with Crippen LogP contribution in [0.4, 0.5) is 14.0 Å². The minimum Gasteiger partial charge on any atom is -0.456 e. The van der Waals surface area contributed by atoms with Crippen LogP contribution >= 0.6 is 0 Å². The Morgan fingerprint density at radius 1 is 0.818 bits per heavy atom. The van der Waals surface area contributed by atoms with Gasteiger partial charge in [0.05, 0.1) is 11.5 Å². The predicted molar refractivity (Wildman–Crippen MR) is 187 cm³/mol. The second-order valence-electron chi connectivity index (χ2n) is 12.2. The molecule has 2 aromatic heterocycles. The molecule has 1 saturated heterocycles. The van der Waals surface area contributed by atoms with E-state index in [-0.39, 0.29) is 18.8 Å². The van der Waals surface area contributed by atoms with Gasteiger partial charge in [-0.3, -0.25) is 19.1 Å². The van der Waals surface area contributed by atoms with Crippen LogP contribution in [0.1, 0.15) is 54.4 Å². The minimum absolute atomic E-state index is 0.0658. The van der Waals surface area contributed by atoms with Gasteiger partial charge in [0.15, 0.2) is 25.7 Å². The van der Waals surface area contributed by atoms with Crippen LogP contribution in [0.15, 0.2) is 107 Å². The number of hydrogen-bond donors (Lipinski definition) is 0. The molecular formula is C38H38FN3O13. The molecule has 55 heavy (non-hydrogen) atoms. The van der Waals surface area contributed by atoms with E-state index < -0.39 is 79.0 Å². The molecule has 5 rings (SSSR count). The molecular weight excluding hydrogens is 725 g/mol. The molecule has 1 aliphatic heterocycles. The Morgan fingerprint density at radius 2 is 1.44 bits per heavy atom. The van der Waals surface area contributed by atoms with E-state index in [2.05, 4.69) is 4.98 Å². The van der Waals surface area contributed by atoms with Crippen molar-refractivity contribution < 1.29 is 56.7 Å².